The molecule has 0 spiro atoms. The predicted molar refractivity (Wildman–Crippen MR) is 105 cm³/mol. The molecule has 0 heterocycles. The summed E-state index contributed by atoms with van der Waals surface area (Å²) < 4.78 is 125. The minimum Gasteiger partial charge on any atom is -0.217 e. The summed E-state index contributed by atoms with van der Waals surface area (Å²) >= 11 is 5.91. The molecule has 0 bridgehead atoms. The maximum absolute atomic E-state index is 13.3. The van der Waals surface area contributed by atoms with E-state index in [9.17, 15) is 43.2 Å². The van der Waals surface area contributed by atoms with Gasteiger partial charge in [-0.2, -0.15) is 26.3 Å². The number of benzene rings is 1. The van der Waals surface area contributed by atoms with Crippen molar-refractivity contribution in [2.75, 3.05) is 10.7 Å². The average Bonchev–Trinajstić information content (AvgIpc) is 2.58. The number of allylic oxidation sites excluding steroid dienone is 1. The maximum atomic E-state index is 13.3. The maximum Gasteiger partial charge on any atom is 0.499 e. The highest BCUT2D eigenvalue weighted by Gasteiger charge is 2.77. The highest BCUT2D eigenvalue weighted by molar-refractivity contribution is 9.09. The van der Waals surface area contributed by atoms with Gasteiger partial charge in [0.15, 0.2) is 0 Å². The second kappa shape index (κ2) is 8.14. The van der Waals surface area contributed by atoms with Crippen LogP contribution in [-0.4, -0.2) is 42.6 Å². The van der Waals surface area contributed by atoms with Crippen LogP contribution in [0.15, 0.2) is 29.8 Å². The molecule has 0 saturated carbocycles. The summed E-state index contributed by atoms with van der Waals surface area (Å²) in [5, 5.41) is -0.0274. The van der Waals surface area contributed by atoms with Crippen LogP contribution in [0.4, 0.5) is 26.3 Å². The van der Waals surface area contributed by atoms with Crippen LogP contribution in [0.25, 0.3) is 5.57 Å². The van der Waals surface area contributed by atoms with Gasteiger partial charge in [0.1, 0.15) is 0 Å². The highest BCUT2D eigenvalue weighted by Crippen LogP contribution is 2.60. The van der Waals surface area contributed by atoms with Crippen molar-refractivity contribution in [1.82, 2.24) is 0 Å². The fourth-order valence-corrected chi connectivity index (χ4v) is 7.87. The van der Waals surface area contributed by atoms with Crippen molar-refractivity contribution in [2.24, 2.45) is 0 Å². The molecule has 0 N–H and O–H groups in total. The van der Waals surface area contributed by atoms with E-state index in [4.69, 9.17) is 0 Å². The van der Waals surface area contributed by atoms with Gasteiger partial charge in [0.2, 0.25) is 4.08 Å². The summed E-state index contributed by atoms with van der Waals surface area (Å²) in [7, 11) is -13.7. The Hall–Kier alpha value is -1.04. The van der Waals surface area contributed by atoms with Gasteiger partial charge in [-0.15, -0.1) is 0 Å². The second-order valence-corrected chi connectivity index (χ2v) is 11.7. The molecule has 0 unspecified atom stereocenters. The standard InChI is InChI=1S/C16H10Br2F6O4S2/c17-7-1-2-10-3-5-11(6-4-10)13-12(9-18)8-14(13,29(25,26)15(19,20)21)30(27,28)16(22,23)24/h3-6H,7-9H2. The lowest BCUT2D eigenvalue weighted by atomic mass is 9.83. The van der Waals surface area contributed by atoms with Crippen LogP contribution in [0.5, 0.6) is 0 Å². The van der Waals surface area contributed by atoms with E-state index in [1.807, 2.05) is 0 Å². The molecule has 0 saturated heterocycles. The molecule has 0 aromatic heterocycles. The second-order valence-electron chi connectivity index (χ2n) is 5.95. The zero-order chi connectivity index (χ0) is 23.2. The van der Waals surface area contributed by atoms with Crippen molar-refractivity contribution in [3.05, 3.63) is 41.0 Å². The van der Waals surface area contributed by atoms with Crippen LogP contribution in [0.3, 0.4) is 0 Å². The number of hydrogen-bond acceptors (Lipinski definition) is 4. The van der Waals surface area contributed by atoms with Crippen molar-refractivity contribution in [2.45, 2.75) is 21.5 Å². The largest absolute Gasteiger partial charge is 0.499 e. The minimum absolute atomic E-state index is 0.213. The smallest absolute Gasteiger partial charge is 0.217 e. The molecule has 4 nitrogen and oxygen atoms in total. The van der Waals surface area contributed by atoms with E-state index in [1.165, 1.54) is 12.1 Å². The SMILES string of the molecule is O=S(=O)(C(F)(F)F)C1(S(=O)(=O)C(F)(F)F)CC(CBr)=C1c1ccc(C#CCBr)cc1. The van der Waals surface area contributed by atoms with Gasteiger partial charge in [0, 0.05) is 17.3 Å². The quantitative estimate of drug-likeness (QED) is 0.288. The van der Waals surface area contributed by atoms with E-state index in [2.05, 4.69) is 43.7 Å². The predicted octanol–water partition coefficient (Wildman–Crippen LogP) is 4.55. The van der Waals surface area contributed by atoms with E-state index in [-0.39, 0.29) is 10.9 Å². The summed E-state index contributed by atoms with van der Waals surface area (Å²) in [4.78, 5) is 0. The third-order valence-corrected chi connectivity index (χ3v) is 10.2. The third-order valence-electron chi connectivity index (χ3n) is 4.29. The van der Waals surface area contributed by atoms with E-state index < -0.39 is 52.3 Å². The van der Waals surface area contributed by atoms with Crippen LogP contribution in [0.2, 0.25) is 0 Å². The van der Waals surface area contributed by atoms with Crippen LogP contribution < -0.4 is 0 Å². The van der Waals surface area contributed by atoms with Gasteiger partial charge in [-0.25, -0.2) is 16.8 Å². The average molecular weight is 604 g/mol. The minimum atomic E-state index is -6.83. The summed E-state index contributed by atoms with van der Waals surface area (Å²) in [6, 6.07) is 4.52. The van der Waals surface area contributed by atoms with Crippen molar-refractivity contribution >= 4 is 57.1 Å². The zero-order valence-corrected chi connectivity index (χ0v) is 19.2. The normalized spacial score (nSPS) is 17.2. The van der Waals surface area contributed by atoms with Crippen molar-refractivity contribution < 1.29 is 43.2 Å². The van der Waals surface area contributed by atoms with E-state index in [0.29, 0.717) is 10.9 Å². The van der Waals surface area contributed by atoms with E-state index in [0.717, 1.165) is 12.1 Å². The molecule has 1 aromatic carbocycles. The molecule has 30 heavy (non-hydrogen) atoms. The number of alkyl halides is 8. The Bertz CT molecular complexity index is 1100. The Morgan fingerprint density at radius 3 is 1.73 bits per heavy atom. The molecule has 0 atom stereocenters. The number of sulfone groups is 2. The van der Waals surface area contributed by atoms with Crippen LogP contribution in [0, 0.1) is 11.8 Å². The van der Waals surface area contributed by atoms with Gasteiger partial charge in [-0.1, -0.05) is 61.4 Å². The molecule has 166 valence electrons. The van der Waals surface area contributed by atoms with Crippen LogP contribution in [-0.2, 0) is 19.7 Å². The van der Waals surface area contributed by atoms with Gasteiger partial charge in [0.05, 0.1) is 5.33 Å². The molecule has 2 rings (SSSR count). The summed E-state index contributed by atoms with van der Waals surface area (Å²) in [6.07, 6.45) is -1.47. The molecule has 1 aliphatic rings. The van der Waals surface area contributed by atoms with Crippen molar-refractivity contribution in [3.8, 4) is 11.8 Å². The first-order valence-corrected chi connectivity index (χ1v) is 12.8. The molecule has 1 aromatic rings. The first kappa shape index (κ1) is 25.2. The lowest BCUT2D eigenvalue weighted by Gasteiger charge is -2.44. The monoisotopic (exact) mass is 602 g/mol. The molecule has 0 amide bonds. The fourth-order valence-electron chi connectivity index (χ4n) is 2.99. The van der Waals surface area contributed by atoms with Gasteiger partial charge in [-0.3, -0.25) is 0 Å². The molecule has 0 radical (unpaired) electrons. The van der Waals surface area contributed by atoms with Crippen LogP contribution in [0.1, 0.15) is 17.5 Å². The molecular formula is C16H10Br2F6O4S2. The van der Waals surface area contributed by atoms with Crippen molar-refractivity contribution in [3.63, 3.8) is 0 Å². The third kappa shape index (κ3) is 3.71. The van der Waals surface area contributed by atoms with Gasteiger partial charge in [0.25, 0.3) is 19.7 Å². The Morgan fingerprint density at radius 1 is 0.900 bits per heavy atom. The van der Waals surface area contributed by atoms with E-state index in [1.54, 1.807) is 0 Å². The summed E-state index contributed by atoms with van der Waals surface area (Å²) in [5.41, 5.74) is -13.8. The molecule has 1 aliphatic carbocycles. The fraction of sp³-hybridized carbons (Fsp3) is 0.375. The Balaban J connectivity index is 2.88. The lowest BCUT2D eigenvalue weighted by molar-refractivity contribution is -0.0485. The first-order valence-electron chi connectivity index (χ1n) is 7.64. The first-order chi connectivity index (χ1) is 13.6. The Kier molecular flexibility index (Phi) is 6.85. The lowest BCUT2D eigenvalue weighted by Crippen LogP contribution is -2.61. The molecular weight excluding hydrogens is 594 g/mol. The Morgan fingerprint density at radius 2 is 1.37 bits per heavy atom. The number of rotatable bonds is 4. The molecule has 14 heteroatoms. The summed E-state index contributed by atoms with van der Waals surface area (Å²) in [5.74, 6) is 5.26. The van der Waals surface area contributed by atoms with Gasteiger partial charge >= 0.3 is 11.0 Å². The van der Waals surface area contributed by atoms with Crippen molar-refractivity contribution in [1.29, 1.82) is 0 Å². The molecule has 0 fully saturated rings. The molecule has 0 aliphatic heterocycles. The van der Waals surface area contributed by atoms with Crippen LogP contribution >= 0.6 is 31.9 Å². The topological polar surface area (TPSA) is 68.3 Å². The van der Waals surface area contributed by atoms with Gasteiger partial charge < -0.3 is 0 Å². The zero-order valence-electron chi connectivity index (χ0n) is 14.4. The number of hydrogen-bond donors (Lipinski definition) is 0. The summed E-state index contributed by atoms with van der Waals surface area (Å²) in [6.45, 7) is 0. The van der Waals surface area contributed by atoms with Gasteiger partial charge in [-0.05, 0) is 23.3 Å². The highest BCUT2D eigenvalue weighted by atomic mass is 79.9. The number of halogens is 8. The Labute approximate surface area is 184 Å². The van der Waals surface area contributed by atoms with E-state index >= 15 is 0 Å².